The minimum atomic E-state index is 0.451. The van der Waals surface area contributed by atoms with E-state index < -0.39 is 0 Å². The number of hydrogen-bond donors (Lipinski definition) is 2. The molecule has 0 saturated heterocycles. The molecule has 1 aromatic rings. The second-order valence-electron chi connectivity index (χ2n) is 4.48. The van der Waals surface area contributed by atoms with Crippen molar-refractivity contribution in [2.75, 3.05) is 12.3 Å². The lowest BCUT2D eigenvalue weighted by Gasteiger charge is -2.35. The number of halogens is 1. The van der Waals surface area contributed by atoms with Gasteiger partial charge in [-0.05, 0) is 37.5 Å². The van der Waals surface area contributed by atoms with Crippen LogP contribution in [0.15, 0.2) is 18.2 Å². The van der Waals surface area contributed by atoms with E-state index in [0.717, 1.165) is 26.0 Å². The summed E-state index contributed by atoms with van der Waals surface area (Å²) in [5, 5.41) is 4.12. The summed E-state index contributed by atoms with van der Waals surface area (Å²) in [5.74, 6) is 0. The smallest absolute Gasteiger partial charge is 0.0638 e. The Morgan fingerprint density at radius 2 is 2.24 bits per heavy atom. The Hall–Kier alpha value is -0.770. The summed E-state index contributed by atoms with van der Waals surface area (Å²) in [5.41, 5.74) is 7.47. The Kier molecular flexibility index (Phi) is 4.26. The fourth-order valence-electron chi connectivity index (χ4n) is 2.05. The Bertz CT molecular complexity index is 378. The second kappa shape index (κ2) is 5.71. The molecule has 0 spiro atoms. The molecule has 1 aromatic carbocycles. The number of hydrogen-bond acceptors (Lipinski definition) is 3. The van der Waals surface area contributed by atoms with Crippen molar-refractivity contribution in [3.63, 3.8) is 0 Å². The molecule has 1 aliphatic rings. The van der Waals surface area contributed by atoms with Crippen LogP contribution in [0.1, 0.15) is 25.3 Å². The van der Waals surface area contributed by atoms with Gasteiger partial charge in [-0.2, -0.15) is 0 Å². The predicted molar refractivity (Wildman–Crippen MR) is 71.1 cm³/mol. The van der Waals surface area contributed by atoms with Gasteiger partial charge < -0.3 is 15.8 Å². The number of nitrogen functional groups attached to an aromatic ring is 1. The molecule has 0 radical (unpaired) electrons. The summed E-state index contributed by atoms with van der Waals surface area (Å²) < 4.78 is 5.52. The van der Waals surface area contributed by atoms with Crippen LogP contribution in [0.25, 0.3) is 0 Å². The summed E-state index contributed by atoms with van der Waals surface area (Å²) >= 11 is 5.97. The molecule has 0 unspecified atom stereocenters. The van der Waals surface area contributed by atoms with Crippen LogP contribution in [0.5, 0.6) is 0 Å². The van der Waals surface area contributed by atoms with Crippen molar-refractivity contribution in [2.45, 2.75) is 38.5 Å². The molecule has 3 nitrogen and oxygen atoms in total. The van der Waals surface area contributed by atoms with Crippen LogP contribution in [0.4, 0.5) is 5.69 Å². The van der Waals surface area contributed by atoms with Crippen molar-refractivity contribution in [1.29, 1.82) is 0 Å². The molecule has 0 amide bonds. The Labute approximate surface area is 107 Å². The maximum atomic E-state index is 5.97. The first-order chi connectivity index (χ1) is 8.19. The molecule has 1 fully saturated rings. The average molecular weight is 255 g/mol. The van der Waals surface area contributed by atoms with E-state index in [2.05, 4.69) is 5.32 Å². The lowest BCUT2D eigenvalue weighted by molar-refractivity contribution is -0.0102. The summed E-state index contributed by atoms with van der Waals surface area (Å²) in [6.07, 6.45) is 2.67. The minimum Gasteiger partial charge on any atom is -0.398 e. The van der Waals surface area contributed by atoms with Gasteiger partial charge in [0, 0.05) is 19.2 Å². The quantitative estimate of drug-likeness (QED) is 0.794. The fourth-order valence-corrected chi connectivity index (χ4v) is 2.25. The molecule has 2 rings (SSSR count). The zero-order valence-corrected chi connectivity index (χ0v) is 10.8. The third-order valence-electron chi connectivity index (χ3n) is 3.16. The van der Waals surface area contributed by atoms with Crippen molar-refractivity contribution < 1.29 is 4.74 Å². The molecule has 17 heavy (non-hydrogen) atoms. The number of nitrogens with two attached hydrogens (primary N) is 1. The normalized spacial score (nSPS) is 23.4. The number of benzene rings is 1. The summed E-state index contributed by atoms with van der Waals surface area (Å²) in [7, 11) is 0. The Morgan fingerprint density at radius 1 is 1.47 bits per heavy atom. The first kappa shape index (κ1) is 12.7. The van der Waals surface area contributed by atoms with Crippen molar-refractivity contribution in [1.82, 2.24) is 5.32 Å². The molecule has 0 heterocycles. The molecule has 0 bridgehead atoms. The van der Waals surface area contributed by atoms with Crippen molar-refractivity contribution in [3.8, 4) is 0 Å². The topological polar surface area (TPSA) is 47.3 Å². The van der Waals surface area contributed by atoms with E-state index in [1.54, 1.807) is 0 Å². The van der Waals surface area contributed by atoms with Gasteiger partial charge in [-0.1, -0.05) is 17.7 Å². The van der Waals surface area contributed by atoms with Crippen molar-refractivity contribution in [3.05, 3.63) is 28.8 Å². The second-order valence-corrected chi connectivity index (χ2v) is 4.89. The molecule has 0 atom stereocenters. The van der Waals surface area contributed by atoms with Crippen LogP contribution in [-0.4, -0.2) is 18.8 Å². The minimum absolute atomic E-state index is 0.451. The maximum absolute atomic E-state index is 5.97. The summed E-state index contributed by atoms with van der Waals surface area (Å²) in [4.78, 5) is 0. The van der Waals surface area contributed by atoms with Crippen LogP contribution >= 0.6 is 11.6 Å². The van der Waals surface area contributed by atoms with Gasteiger partial charge in [0.15, 0.2) is 0 Å². The zero-order chi connectivity index (χ0) is 12.3. The summed E-state index contributed by atoms with van der Waals surface area (Å²) in [6, 6.07) is 6.35. The predicted octanol–water partition coefficient (Wildman–Crippen LogP) is 2.58. The molecular formula is C13H19ClN2O. The highest BCUT2D eigenvalue weighted by Crippen LogP contribution is 2.24. The molecule has 3 N–H and O–H groups in total. The Morgan fingerprint density at radius 3 is 2.88 bits per heavy atom. The van der Waals surface area contributed by atoms with Gasteiger partial charge in [-0.25, -0.2) is 0 Å². The van der Waals surface area contributed by atoms with E-state index in [-0.39, 0.29) is 0 Å². The molecular weight excluding hydrogens is 236 g/mol. The molecule has 94 valence electrons. The number of nitrogens with one attached hydrogen (secondary N) is 1. The Balaban J connectivity index is 1.74. The van der Waals surface area contributed by atoms with Crippen LogP contribution in [-0.2, 0) is 11.3 Å². The standard InChI is InChI=1S/C13H19ClN2O/c1-2-17-11-6-10(7-11)16-8-9-3-4-13(15)12(14)5-9/h3-5,10-11,16H,2,6-8,15H2,1H3. The van der Waals surface area contributed by atoms with Crippen LogP contribution in [0.2, 0.25) is 5.02 Å². The van der Waals surface area contributed by atoms with Crippen LogP contribution in [0, 0.1) is 0 Å². The van der Waals surface area contributed by atoms with E-state index in [0.29, 0.717) is 22.9 Å². The van der Waals surface area contributed by atoms with Gasteiger partial charge in [-0.3, -0.25) is 0 Å². The highest BCUT2D eigenvalue weighted by atomic mass is 35.5. The first-order valence-electron chi connectivity index (χ1n) is 6.08. The van der Waals surface area contributed by atoms with E-state index in [4.69, 9.17) is 22.1 Å². The van der Waals surface area contributed by atoms with Crippen LogP contribution < -0.4 is 11.1 Å². The van der Waals surface area contributed by atoms with Crippen molar-refractivity contribution >= 4 is 17.3 Å². The molecule has 4 heteroatoms. The number of rotatable bonds is 5. The average Bonchev–Trinajstić information content (AvgIpc) is 2.26. The molecule has 0 aromatic heterocycles. The van der Waals surface area contributed by atoms with E-state index in [9.17, 15) is 0 Å². The maximum Gasteiger partial charge on any atom is 0.0638 e. The van der Waals surface area contributed by atoms with Gasteiger partial charge in [0.2, 0.25) is 0 Å². The number of ether oxygens (including phenoxy) is 1. The largest absolute Gasteiger partial charge is 0.398 e. The third kappa shape index (κ3) is 3.35. The van der Waals surface area contributed by atoms with Crippen molar-refractivity contribution in [2.24, 2.45) is 0 Å². The van der Waals surface area contributed by atoms with E-state index in [1.165, 1.54) is 5.56 Å². The highest BCUT2D eigenvalue weighted by Gasteiger charge is 2.28. The van der Waals surface area contributed by atoms with Gasteiger partial charge in [-0.15, -0.1) is 0 Å². The van der Waals surface area contributed by atoms with E-state index in [1.807, 2.05) is 25.1 Å². The van der Waals surface area contributed by atoms with E-state index >= 15 is 0 Å². The third-order valence-corrected chi connectivity index (χ3v) is 3.48. The monoisotopic (exact) mass is 254 g/mol. The lowest BCUT2D eigenvalue weighted by atomic mass is 9.89. The van der Waals surface area contributed by atoms with Gasteiger partial charge in [0.1, 0.15) is 0 Å². The lowest BCUT2D eigenvalue weighted by Crippen LogP contribution is -2.45. The molecule has 1 aliphatic carbocycles. The summed E-state index contributed by atoms with van der Waals surface area (Å²) in [6.45, 7) is 3.69. The first-order valence-corrected chi connectivity index (χ1v) is 6.45. The number of anilines is 1. The van der Waals surface area contributed by atoms with Gasteiger partial charge >= 0.3 is 0 Å². The molecule has 1 saturated carbocycles. The van der Waals surface area contributed by atoms with Crippen LogP contribution in [0.3, 0.4) is 0 Å². The fraction of sp³-hybridized carbons (Fsp3) is 0.538. The highest BCUT2D eigenvalue weighted by molar-refractivity contribution is 6.33. The van der Waals surface area contributed by atoms with Gasteiger partial charge in [0.25, 0.3) is 0 Å². The van der Waals surface area contributed by atoms with Gasteiger partial charge in [0.05, 0.1) is 16.8 Å². The SMILES string of the molecule is CCOC1CC(NCc2ccc(N)c(Cl)c2)C1. The molecule has 0 aliphatic heterocycles. The zero-order valence-electron chi connectivity index (χ0n) is 10.1.